The summed E-state index contributed by atoms with van der Waals surface area (Å²) in [6.07, 6.45) is 6.72. The number of rotatable bonds is 5. The number of nitrogens with two attached hydrogens (primary N) is 1. The molecule has 1 saturated heterocycles. The van der Waals surface area contributed by atoms with Crippen LogP contribution in [0.25, 0.3) is 5.69 Å². The van der Waals surface area contributed by atoms with Crippen molar-refractivity contribution in [3.05, 3.63) is 41.3 Å². The number of nitrogens with zero attached hydrogens (tertiary/aromatic N) is 5. The van der Waals surface area contributed by atoms with E-state index in [1.807, 2.05) is 7.05 Å². The number of anilines is 1. The fourth-order valence-electron chi connectivity index (χ4n) is 4.54. The van der Waals surface area contributed by atoms with Crippen molar-refractivity contribution >= 4 is 35.8 Å². The number of aryl methyl sites for hydroxylation is 1. The first kappa shape index (κ1) is 23.3. The van der Waals surface area contributed by atoms with Crippen LogP contribution in [-0.2, 0) is 6.42 Å². The maximum atomic E-state index is 13.2. The fraction of sp³-hybridized carbons (Fsp3) is 0.500. The maximum absolute atomic E-state index is 13.2. The molecule has 0 radical (unpaired) electrons. The molecule has 4 rings (SSSR count). The molecule has 1 aliphatic heterocycles. The van der Waals surface area contributed by atoms with E-state index < -0.39 is 0 Å². The Balaban J connectivity index is 0.00000272. The highest BCUT2D eigenvalue weighted by Gasteiger charge is 2.43. The van der Waals surface area contributed by atoms with Gasteiger partial charge < -0.3 is 16.0 Å². The normalized spacial score (nSPS) is 17.2. The zero-order valence-corrected chi connectivity index (χ0v) is 20.1. The number of nitriles is 1. The smallest absolute Gasteiger partial charge is 0.193 e. The van der Waals surface area contributed by atoms with Crippen LogP contribution in [0.15, 0.2) is 29.3 Å². The lowest BCUT2D eigenvalue weighted by molar-refractivity contribution is 0.151. The molecular formula is C22H29FIN7. The monoisotopic (exact) mass is 537 g/mol. The average molecular weight is 537 g/mol. The highest BCUT2D eigenvalue weighted by atomic mass is 127. The summed E-state index contributed by atoms with van der Waals surface area (Å²) < 4.78 is 14.7. The van der Waals surface area contributed by atoms with E-state index in [2.05, 4.69) is 26.4 Å². The van der Waals surface area contributed by atoms with Gasteiger partial charge in [-0.25, -0.2) is 9.07 Å². The predicted octanol–water partition coefficient (Wildman–Crippen LogP) is 3.47. The quantitative estimate of drug-likeness (QED) is 0.264. The Kier molecular flexibility index (Phi) is 7.41. The molecule has 1 aromatic heterocycles. The summed E-state index contributed by atoms with van der Waals surface area (Å²) in [5.41, 5.74) is 8.34. The van der Waals surface area contributed by atoms with Gasteiger partial charge in [0, 0.05) is 26.7 Å². The Morgan fingerprint density at radius 2 is 2.06 bits per heavy atom. The zero-order chi connectivity index (χ0) is 21.1. The molecule has 31 heavy (non-hydrogen) atoms. The number of aliphatic imine (C=N–C) groups is 1. The minimum atomic E-state index is -0.328. The molecule has 166 valence electrons. The van der Waals surface area contributed by atoms with Crippen molar-refractivity contribution in [1.29, 1.82) is 5.26 Å². The van der Waals surface area contributed by atoms with Crippen LogP contribution in [0.5, 0.6) is 0 Å². The second-order valence-electron chi connectivity index (χ2n) is 8.31. The average Bonchev–Trinajstić information content (AvgIpc) is 3.31. The predicted molar refractivity (Wildman–Crippen MR) is 130 cm³/mol. The lowest BCUT2D eigenvalue weighted by atomic mass is 9.68. The van der Waals surface area contributed by atoms with Crippen molar-refractivity contribution in [1.82, 2.24) is 20.0 Å². The van der Waals surface area contributed by atoms with Gasteiger partial charge in [0.2, 0.25) is 0 Å². The number of likely N-dealkylation sites (tertiary alicyclic amines) is 1. The minimum absolute atomic E-state index is 0. The number of hydrogen-bond acceptors (Lipinski definition) is 4. The van der Waals surface area contributed by atoms with Gasteiger partial charge in [-0.05, 0) is 61.8 Å². The van der Waals surface area contributed by atoms with Gasteiger partial charge in [-0.15, -0.1) is 24.0 Å². The van der Waals surface area contributed by atoms with Gasteiger partial charge in [-0.1, -0.05) is 6.42 Å². The van der Waals surface area contributed by atoms with Crippen LogP contribution in [0.3, 0.4) is 0 Å². The largest absolute Gasteiger partial charge is 0.382 e. The summed E-state index contributed by atoms with van der Waals surface area (Å²) in [5.74, 6) is 0.910. The molecule has 1 aromatic carbocycles. The summed E-state index contributed by atoms with van der Waals surface area (Å²) in [5, 5.41) is 17.5. The van der Waals surface area contributed by atoms with Gasteiger partial charge in [0.25, 0.3) is 0 Å². The van der Waals surface area contributed by atoms with Crippen LogP contribution in [0.2, 0.25) is 0 Å². The van der Waals surface area contributed by atoms with Crippen LogP contribution in [-0.4, -0.2) is 47.3 Å². The van der Waals surface area contributed by atoms with Crippen molar-refractivity contribution in [2.24, 2.45) is 10.4 Å². The third-order valence-corrected chi connectivity index (χ3v) is 6.41. The topological polar surface area (TPSA) is 95.3 Å². The molecule has 2 aliphatic rings. The molecule has 0 amide bonds. The van der Waals surface area contributed by atoms with E-state index in [4.69, 9.17) is 5.73 Å². The summed E-state index contributed by atoms with van der Waals surface area (Å²) in [4.78, 5) is 6.81. The van der Waals surface area contributed by atoms with Gasteiger partial charge in [0.1, 0.15) is 23.3 Å². The first-order chi connectivity index (χ1) is 14.5. The van der Waals surface area contributed by atoms with E-state index in [1.165, 1.54) is 42.5 Å². The van der Waals surface area contributed by atoms with E-state index in [9.17, 15) is 9.65 Å². The zero-order valence-electron chi connectivity index (χ0n) is 17.8. The van der Waals surface area contributed by atoms with E-state index in [0.29, 0.717) is 28.8 Å². The highest BCUT2D eigenvalue weighted by molar-refractivity contribution is 14.0. The number of nitrogens with one attached hydrogen (secondary N) is 1. The van der Waals surface area contributed by atoms with Crippen LogP contribution in [0.4, 0.5) is 10.2 Å². The Bertz CT molecular complexity index is 973. The SMILES string of the molecule is CN=C(NCCCc1nn(-c2ccc(F)cc2)c(N)c1C#N)N1CCC2(CCC2)C1.I. The van der Waals surface area contributed by atoms with Crippen molar-refractivity contribution in [2.45, 2.75) is 38.5 Å². The van der Waals surface area contributed by atoms with Gasteiger partial charge >= 0.3 is 0 Å². The van der Waals surface area contributed by atoms with Gasteiger partial charge in [0.15, 0.2) is 5.96 Å². The second-order valence-corrected chi connectivity index (χ2v) is 8.31. The molecule has 2 fully saturated rings. The van der Waals surface area contributed by atoms with Gasteiger partial charge in [-0.3, -0.25) is 4.99 Å². The maximum Gasteiger partial charge on any atom is 0.193 e. The van der Waals surface area contributed by atoms with Crippen LogP contribution in [0, 0.1) is 22.6 Å². The van der Waals surface area contributed by atoms with E-state index in [-0.39, 0.29) is 35.6 Å². The number of benzene rings is 1. The molecule has 3 N–H and O–H groups in total. The van der Waals surface area contributed by atoms with E-state index >= 15 is 0 Å². The molecule has 0 unspecified atom stereocenters. The summed E-state index contributed by atoms with van der Waals surface area (Å²) >= 11 is 0. The Hall–Kier alpha value is -2.35. The Morgan fingerprint density at radius 3 is 2.65 bits per heavy atom. The number of aromatic nitrogens is 2. The third-order valence-electron chi connectivity index (χ3n) is 6.41. The third kappa shape index (κ3) is 4.79. The van der Waals surface area contributed by atoms with Crippen molar-refractivity contribution in [2.75, 3.05) is 32.4 Å². The number of guanidine groups is 1. The molecule has 2 aromatic rings. The molecule has 0 atom stereocenters. The van der Waals surface area contributed by atoms with E-state index in [0.717, 1.165) is 32.0 Å². The molecule has 0 bridgehead atoms. The summed E-state index contributed by atoms with van der Waals surface area (Å²) in [7, 11) is 1.83. The molecule has 1 saturated carbocycles. The highest BCUT2D eigenvalue weighted by Crippen LogP contribution is 2.47. The molecule has 9 heteroatoms. The molecular weight excluding hydrogens is 508 g/mol. The second kappa shape index (κ2) is 9.85. The van der Waals surface area contributed by atoms with Crippen LogP contribution in [0.1, 0.15) is 43.4 Å². The summed E-state index contributed by atoms with van der Waals surface area (Å²) in [6.45, 7) is 2.91. The molecule has 1 spiro atoms. The molecule has 1 aliphatic carbocycles. The fourth-order valence-corrected chi connectivity index (χ4v) is 4.54. The summed E-state index contributed by atoms with van der Waals surface area (Å²) in [6, 6.07) is 8.05. The lowest BCUT2D eigenvalue weighted by Crippen LogP contribution is -2.42. The molecule has 7 nitrogen and oxygen atoms in total. The van der Waals surface area contributed by atoms with Crippen LogP contribution < -0.4 is 11.1 Å². The van der Waals surface area contributed by atoms with Gasteiger partial charge in [0.05, 0.1) is 11.4 Å². The minimum Gasteiger partial charge on any atom is -0.382 e. The van der Waals surface area contributed by atoms with Crippen molar-refractivity contribution in [3.8, 4) is 11.8 Å². The van der Waals surface area contributed by atoms with Crippen LogP contribution >= 0.6 is 24.0 Å². The Labute approximate surface area is 199 Å². The van der Waals surface area contributed by atoms with Crippen molar-refractivity contribution in [3.63, 3.8) is 0 Å². The lowest BCUT2D eigenvalue weighted by Gasteiger charge is -2.38. The number of halogens is 2. The van der Waals surface area contributed by atoms with Gasteiger partial charge in [-0.2, -0.15) is 10.4 Å². The first-order valence-corrected chi connectivity index (χ1v) is 10.5. The van der Waals surface area contributed by atoms with E-state index in [1.54, 1.807) is 12.1 Å². The molecule has 2 heterocycles. The number of nitrogen functional groups attached to an aromatic ring is 1. The Morgan fingerprint density at radius 1 is 1.32 bits per heavy atom. The first-order valence-electron chi connectivity index (χ1n) is 10.5. The standard InChI is InChI=1S/C22H28FN7.HI/c1-26-21(29-13-11-22(15-29)9-3-10-22)27-12-2-4-19-18(14-24)20(25)30(28-19)17-7-5-16(23)6-8-17;/h5-8H,2-4,9-13,15,25H2,1H3,(H,26,27);1H. The number of hydrogen-bond donors (Lipinski definition) is 2. The van der Waals surface area contributed by atoms with Crippen molar-refractivity contribution < 1.29 is 4.39 Å².